The Morgan fingerprint density at radius 2 is 2.36 bits per heavy atom. The van der Waals surface area contributed by atoms with Crippen LogP contribution in [0.4, 0.5) is 0 Å². The van der Waals surface area contributed by atoms with Gasteiger partial charge in [-0.05, 0) is 6.42 Å². The minimum atomic E-state index is -0.221. The number of halogens is 1. The molecule has 0 spiro atoms. The summed E-state index contributed by atoms with van der Waals surface area (Å²) in [6, 6.07) is 0. The number of hydrogen-bond donors (Lipinski definition) is 1. The van der Waals surface area contributed by atoms with Crippen molar-refractivity contribution in [1.29, 1.82) is 0 Å². The predicted octanol–water partition coefficient (Wildman–Crippen LogP) is 1.13. The van der Waals surface area contributed by atoms with Crippen molar-refractivity contribution < 1.29 is 14.6 Å². The van der Waals surface area contributed by atoms with Crippen LogP contribution >= 0.6 is 22.6 Å². The SMILES string of the molecule is CCCC(I)C(=O)OCCO. The first kappa shape index (κ1) is 11.2. The molecule has 1 N–H and O–H groups in total. The summed E-state index contributed by atoms with van der Waals surface area (Å²) < 4.78 is 4.64. The fourth-order valence-electron chi connectivity index (χ4n) is 0.608. The van der Waals surface area contributed by atoms with Gasteiger partial charge in [-0.2, -0.15) is 0 Å². The minimum Gasteiger partial charge on any atom is -0.462 e. The summed E-state index contributed by atoms with van der Waals surface area (Å²) in [6.45, 7) is 2.04. The Bertz CT molecular complexity index is 116. The van der Waals surface area contributed by atoms with Crippen LogP contribution in [0.5, 0.6) is 0 Å². The maximum absolute atomic E-state index is 11.0. The molecule has 1 atom stereocenters. The standard InChI is InChI=1S/C7H13IO3/c1-2-3-6(8)7(10)11-5-4-9/h6,9H,2-5H2,1H3. The molecule has 0 aromatic carbocycles. The van der Waals surface area contributed by atoms with Gasteiger partial charge in [0.2, 0.25) is 0 Å². The minimum absolute atomic E-state index is 0.0656. The highest BCUT2D eigenvalue weighted by molar-refractivity contribution is 14.1. The molecule has 11 heavy (non-hydrogen) atoms. The average Bonchev–Trinajstić information content (AvgIpc) is 2.00. The molecular formula is C7H13IO3. The van der Waals surface area contributed by atoms with Gasteiger partial charge in [0.15, 0.2) is 0 Å². The molecule has 3 nitrogen and oxygen atoms in total. The summed E-state index contributed by atoms with van der Waals surface area (Å²) in [5.41, 5.74) is 0. The van der Waals surface area contributed by atoms with E-state index in [0.717, 1.165) is 12.8 Å². The Kier molecular flexibility index (Phi) is 6.94. The van der Waals surface area contributed by atoms with Gasteiger partial charge in [0.25, 0.3) is 0 Å². The molecule has 0 saturated heterocycles. The number of ether oxygens (including phenoxy) is 1. The number of aliphatic hydroxyl groups is 1. The molecule has 0 aliphatic rings. The van der Waals surface area contributed by atoms with Crippen LogP contribution in [0.25, 0.3) is 0 Å². The van der Waals surface area contributed by atoms with Crippen LogP contribution in [0.3, 0.4) is 0 Å². The zero-order valence-electron chi connectivity index (χ0n) is 6.55. The molecule has 0 saturated carbocycles. The number of aliphatic hydroxyl groups excluding tert-OH is 1. The van der Waals surface area contributed by atoms with Crippen LogP contribution < -0.4 is 0 Å². The molecule has 0 aromatic rings. The van der Waals surface area contributed by atoms with Crippen molar-refractivity contribution in [3.8, 4) is 0 Å². The van der Waals surface area contributed by atoms with Gasteiger partial charge in [0.05, 0.1) is 6.61 Å². The summed E-state index contributed by atoms with van der Waals surface area (Å²) in [5.74, 6) is -0.221. The zero-order valence-corrected chi connectivity index (χ0v) is 8.70. The Labute approximate surface area is 80.3 Å². The lowest BCUT2D eigenvalue weighted by Crippen LogP contribution is -2.18. The number of rotatable bonds is 5. The predicted molar refractivity (Wildman–Crippen MR) is 50.8 cm³/mol. The van der Waals surface area contributed by atoms with Crippen LogP contribution in [-0.2, 0) is 9.53 Å². The van der Waals surface area contributed by atoms with E-state index in [1.807, 2.05) is 6.92 Å². The molecule has 0 amide bonds. The van der Waals surface area contributed by atoms with Crippen LogP contribution in [0.15, 0.2) is 0 Å². The lowest BCUT2D eigenvalue weighted by Gasteiger charge is -2.06. The zero-order chi connectivity index (χ0) is 8.69. The number of hydrogen-bond acceptors (Lipinski definition) is 3. The van der Waals surface area contributed by atoms with Crippen LogP contribution in [-0.4, -0.2) is 28.2 Å². The van der Waals surface area contributed by atoms with Gasteiger partial charge in [-0.25, -0.2) is 0 Å². The van der Waals surface area contributed by atoms with Crippen molar-refractivity contribution in [2.24, 2.45) is 0 Å². The number of alkyl halides is 1. The van der Waals surface area contributed by atoms with Crippen LogP contribution in [0.1, 0.15) is 19.8 Å². The Hall–Kier alpha value is 0.160. The molecule has 0 rings (SSSR count). The third-order valence-electron chi connectivity index (χ3n) is 1.13. The van der Waals surface area contributed by atoms with E-state index in [9.17, 15) is 4.79 Å². The van der Waals surface area contributed by atoms with E-state index in [2.05, 4.69) is 22.6 Å². The molecule has 0 radical (unpaired) electrons. The van der Waals surface area contributed by atoms with E-state index in [0.29, 0.717) is 0 Å². The van der Waals surface area contributed by atoms with Gasteiger partial charge in [-0.15, -0.1) is 0 Å². The smallest absolute Gasteiger partial charge is 0.318 e. The quantitative estimate of drug-likeness (QED) is 0.463. The first-order valence-corrected chi connectivity index (χ1v) is 4.88. The molecule has 0 heterocycles. The monoisotopic (exact) mass is 272 g/mol. The van der Waals surface area contributed by atoms with Gasteiger partial charge >= 0.3 is 5.97 Å². The third-order valence-corrected chi connectivity index (χ3v) is 2.26. The van der Waals surface area contributed by atoms with Crippen molar-refractivity contribution in [2.75, 3.05) is 13.2 Å². The van der Waals surface area contributed by atoms with E-state index < -0.39 is 0 Å². The Balaban J connectivity index is 3.47. The number of esters is 1. The summed E-state index contributed by atoms with van der Waals surface area (Å²) >= 11 is 2.05. The number of carbonyl (C=O) groups excluding carboxylic acids is 1. The molecule has 0 fully saturated rings. The summed E-state index contributed by atoms with van der Waals surface area (Å²) in [4.78, 5) is 11.0. The fraction of sp³-hybridized carbons (Fsp3) is 0.857. The second kappa shape index (κ2) is 6.84. The Morgan fingerprint density at radius 3 is 2.82 bits per heavy atom. The maximum Gasteiger partial charge on any atom is 0.318 e. The highest BCUT2D eigenvalue weighted by Crippen LogP contribution is 2.09. The van der Waals surface area contributed by atoms with E-state index in [1.54, 1.807) is 0 Å². The lowest BCUT2D eigenvalue weighted by molar-refractivity contribution is -0.143. The van der Waals surface area contributed by atoms with Gasteiger partial charge in [-0.1, -0.05) is 35.9 Å². The molecule has 66 valence electrons. The molecule has 0 bridgehead atoms. The van der Waals surface area contributed by atoms with Crippen LogP contribution in [0.2, 0.25) is 0 Å². The van der Waals surface area contributed by atoms with E-state index in [4.69, 9.17) is 9.84 Å². The van der Waals surface area contributed by atoms with E-state index >= 15 is 0 Å². The molecule has 1 unspecified atom stereocenters. The van der Waals surface area contributed by atoms with Crippen molar-refractivity contribution in [3.63, 3.8) is 0 Å². The van der Waals surface area contributed by atoms with Gasteiger partial charge < -0.3 is 9.84 Å². The van der Waals surface area contributed by atoms with Gasteiger partial charge in [0.1, 0.15) is 10.5 Å². The first-order valence-electron chi connectivity index (χ1n) is 3.64. The van der Waals surface area contributed by atoms with Crippen LogP contribution in [0, 0.1) is 0 Å². The largest absolute Gasteiger partial charge is 0.462 e. The molecule has 0 aliphatic carbocycles. The second-order valence-electron chi connectivity index (χ2n) is 2.15. The lowest BCUT2D eigenvalue weighted by atomic mass is 10.2. The molecule has 4 heteroatoms. The third kappa shape index (κ3) is 5.43. The molecule has 0 aliphatic heterocycles. The van der Waals surface area contributed by atoms with Crippen molar-refractivity contribution in [1.82, 2.24) is 0 Å². The maximum atomic E-state index is 11.0. The molecular weight excluding hydrogens is 259 g/mol. The first-order chi connectivity index (χ1) is 5.22. The van der Waals surface area contributed by atoms with Gasteiger partial charge in [-0.3, -0.25) is 4.79 Å². The van der Waals surface area contributed by atoms with E-state index in [1.165, 1.54) is 0 Å². The highest BCUT2D eigenvalue weighted by atomic mass is 127. The summed E-state index contributed by atoms with van der Waals surface area (Å²) in [7, 11) is 0. The number of carbonyl (C=O) groups is 1. The summed E-state index contributed by atoms with van der Waals surface area (Å²) in [6.07, 6.45) is 1.81. The topological polar surface area (TPSA) is 46.5 Å². The average molecular weight is 272 g/mol. The van der Waals surface area contributed by atoms with Crippen molar-refractivity contribution in [2.45, 2.75) is 23.7 Å². The van der Waals surface area contributed by atoms with Crippen molar-refractivity contribution >= 4 is 28.6 Å². The summed E-state index contributed by atoms with van der Waals surface area (Å²) in [5, 5.41) is 8.35. The molecule has 0 aromatic heterocycles. The fourth-order valence-corrected chi connectivity index (χ4v) is 1.41. The van der Waals surface area contributed by atoms with Crippen molar-refractivity contribution in [3.05, 3.63) is 0 Å². The highest BCUT2D eigenvalue weighted by Gasteiger charge is 2.13. The Morgan fingerprint density at radius 1 is 1.73 bits per heavy atom. The second-order valence-corrected chi connectivity index (χ2v) is 3.65. The van der Waals surface area contributed by atoms with E-state index in [-0.39, 0.29) is 23.1 Å². The normalized spacial score (nSPS) is 12.6. The van der Waals surface area contributed by atoms with Gasteiger partial charge in [0, 0.05) is 0 Å².